The predicted octanol–water partition coefficient (Wildman–Crippen LogP) is 4.70. The Labute approximate surface area is 115 Å². The average Bonchev–Trinajstić information content (AvgIpc) is 2.35. The van der Waals surface area contributed by atoms with E-state index in [-0.39, 0.29) is 0 Å². The highest BCUT2D eigenvalue weighted by molar-refractivity contribution is 5.54. The lowest BCUT2D eigenvalue weighted by Crippen LogP contribution is -2.04. The van der Waals surface area contributed by atoms with Crippen LogP contribution >= 0.6 is 0 Å². The van der Waals surface area contributed by atoms with Gasteiger partial charge in [-0.05, 0) is 61.4 Å². The number of aryl methyl sites for hydroxylation is 2. The molecule has 0 atom stereocenters. The summed E-state index contributed by atoms with van der Waals surface area (Å²) in [6, 6.07) is 8.13. The van der Waals surface area contributed by atoms with Crippen molar-refractivity contribution in [1.82, 2.24) is 0 Å². The molecule has 0 saturated carbocycles. The van der Waals surface area contributed by atoms with Crippen LogP contribution in [0.2, 0.25) is 0 Å². The highest BCUT2D eigenvalue weighted by Crippen LogP contribution is 2.33. The Balaban J connectivity index is 2.25. The van der Waals surface area contributed by atoms with Gasteiger partial charge in [-0.2, -0.15) is 13.2 Å². The van der Waals surface area contributed by atoms with Crippen LogP contribution in [0.1, 0.15) is 16.7 Å². The van der Waals surface area contributed by atoms with Gasteiger partial charge in [0.1, 0.15) is 11.5 Å². The summed E-state index contributed by atoms with van der Waals surface area (Å²) in [7, 11) is 0. The molecular weight excluding hydrogens is 267 g/mol. The number of nitrogen functional groups attached to an aromatic ring is 1. The van der Waals surface area contributed by atoms with Crippen molar-refractivity contribution in [2.24, 2.45) is 0 Å². The van der Waals surface area contributed by atoms with Crippen molar-refractivity contribution < 1.29 is 17.9 Å². The predicted molar refractivity (Wildman–Crippen MR) is 71.8 cm³/mol. The molecule has 0 amide bonds. The van der Waals surface area contributed by atoms with Crippen LogP contribution in [0.25, 0.3) is 0 Å². The summed E-state index contributed by atoms with van der Waals surface area (Å²) in [4.78, 5) is 0. The normalized spacial score (nSPS) is 11.4. The molecule has 0 radical (unpaired) electrons. The van der Waals surface area contributed by atoms with Crippen molar-refractivity contribution in [3.8, 4) is 11.5 Å². The molecule has 2 N–H and O–H groups in total. The fraction of sp³-hybridized carbons (Fsp3) is 0.200. The maximum atomic E-state index is 12.5. The molecule has 0 aliphatic carbocycles. The maximum Gasteiger partial charge on any atom is 0.416 e. The third kappa shape index (κ3) is 3.04. The summed E-state index contributed by atoms with van der Waals surface area (Å²) in [6.07, 6.45) is -4.34. The van der Waals surface area contributed by atoms with Crippen LogP contribution in [0, 0.1) is 13.8 Å². The minimum Gasteiger partial charge on any atom is -0.457 e. The Hall–Kier alpha value is -2.17. The van der Waals surface area contributed by atoms with E-state index in [1.54, 1.807) is 12.1 Å². The molecule has 2 aromatic rings. The lowest BCUT2D eigenvalue weighted by Gasteiger charge is -2.12. The molecule has 0 heterocycles. The smallest absolute Gasteiger partial charge is 0.416 e. The minimum absolute atomic E-state index is 0.352. The van der Waals surface area contributed by atoms with Crippen LogP contribution < -0.4 is 10.5 Å². The van der Waals surface area contributed by atoms with E-state index in [1.807, 2.05) is 13.8 Å². The third-order valence-corrected chi connectivity index (χ3v) is 2.97. The number of halogens is 3. The van der Waals surface area contributed by atoms with E-state index in [0.717, 1.165) is 23.3 Å². The van der Waals surface area contributed by atoms with Crippen LogP contribution in [0.3, 0.4) is 0 Å². The zero-order chi connectivity index (χ0) is 14.9. The number of nitrogens with two attached hydrogens (primary N) is 1. The molecule has 20 heavy (non-hydrogen) atoms. The van der Waals surface area contributed by atoms with E-state index in [1.165, 1.54) is 12.1 Å². The van der Waals surface area contributed by atoms with Gasteiger partial charge in [-0.25, -0.2) is 0 Å². The number of benzene rings is 2. The zero-order valence-corrected chi connectivity index (χ0v) is 11.1. The monoisotopic (exact) mass is 281 g/mol. The first kappa shape index (κ1) is 14.2. The van der Waals surface area contributed by atoms with Gasteiger partial charge in [0.2, 0.25) is 0 Å². The van der Waals surface area contributed by atoms with Gasteiger partial charge in [0, 0.05) is 5.69 Å². The molecule has 0 fully saturated rings. The number of rotatable bonds is 2. The number of anilines is 1. The highest BCUT2D eigenvalue weighted by atomic mass is 19.4. The van der Waals surface area contributed by atoms with Crippen molar-refractivity contribution in [1.29, 1.82) is 0 Å². The molecule has 2 nitrogen and oxygen atoms in total. The Kier molecular flexibility index (Phi) is 3.61. The summed E-state index contributed by atoms with van der Waals surface area (Å²) >= 11 is 0. The van der Waals surface area contributed by atoms with E-state index >= 15 is 0 Å². The van der Waals surface area contributed by atoms with E-state index < -0.39 is 11.7 Å². The number of hydrogen-bond acceptors (Lipinski definition) is 2. The molecule has 0 aliphatic heterocycles. The zero-order valence-electron chi connectivity index (χ0n) is 11.1. The molecule has 0 spiro atoms. The van der Waals surface area contributed by atoms with E-state index in [9.17, 15) is 13.2 Å². The van der Waals surface area contributed by atoms with Crippen LogP contribution in [0.15, 0.2) is 36.4 Å². The number of hydrogen-bond donors (Lipinski definition) is 1. The molecule has 106 valence electrons. The van der Waals surface area contributed by atoms with Crippen LogP contribution in [-0.4, -0.2) is 0 Å². The molecule has 2 aromatic carbocycles. The van der Waals surface area contributed by atoms with Gasteiger partial charge in [0.15, 0.2) is 0 Å². The quantitative estimate of drug-likeness (QED) is 0.810. The molecule has 0 aromatic heterocycles. The fourth-order valence-electron chi connectivity index (χ4n) is 1.76. The van der Waals surface area contributed by atoms with Gasteiger partial charge in [-0.3, -0.25) is 0 Å². The van der Waals surface area contributed by atoms with Gasteiger partial charge in [0.25, 0.3) is 0 Å². The van der Waals surface area contributed by atoms with Gasteiger partial charge in [-0.1, -0.05) is 0 Å². The molecule has 0 saturated heterocycles. The van der Waals surface area contributed by atoms with Crippen molar-refractivity contribution >= 4 is 5.69 Å². The van der Waals surface area contributed by atoms with Gasteiger partial charge >= 0.3 is 6.18 Å². The molecule has 5 heteroatoms. The molecule has 0 unspecified atom stereocenters. The van der Waals surface area contributed by atoms with Gasteiger partial charge in [0.05, 0.1) is 5.56 Å². The summed E-state index contributed by atoms with van der Waals surface area (Å²) in [5, 5.41) is 0. The lowest BCUT2D eigenvalue weighted by atomic mass is 10.1. The Morgan fingerprint density at radius 3 is 2.10 bits per heavy atom. The summed E-state index contributed by atoms with van der Waals surface area (Å²) in [6.45, 7) is 3.67. The molecule has 2 rings (SSSR count). The van der Waals surface area contributed by atoms with Crippen molar-refractivity contribution in [3.63, 3.8) is 0 Å². The lowest BCUT2D eigenvalue weighted by molar-refractivity contribution is -0.137. The van der Waals surface area contributed by atoms with Gasteiger partial charge < -0.3 is 10.5 Å². The number of alkyl halides is 3. The summed E-state index contributed by atoms with van der Waals surface area (Å²) in [5.74, 6) is 0.932. The van der Waals surface area contributed by atoms with Gasteiger partial charge in [-0.15, -0.1) is 0 Å². The van der Waals surface area contributed by atoms with Crippen molar-refractivity contribution in [2.75, 3.05) is 5.73 Å². The Morgan fingerprint density at radius 1 is 0.950 bits per heavy atom. The SMILES string of the molecule is Cc1cc(Oc2ccc(C(F)(F)F)cc2)c(C)cc1N. The second-order valence-electron chi connectivity index (χ2n) is 4.60. The molecular formula is C15H14F3NO. The fourth-order valence-corrected chi connectivity index (χ4v) is 1.76. The van der Waals surface area contributed by atoms with E-state index in [0.29, 0.717) is 17.2 Å². The average molecular weight is 281 g/mol. The highest BCUT2D eigenvalue weighted by Gasteiger charge is 2.30. The van der Waals surface area contributed by atoms with E-state index in [4.69, 9.17) is 10.5 Å². The molecule has 0 aliphatic rings. The first-order valence-corrected chi connectivity index (χ1v) is 5.99. The first-order chi connectivity index (χ1) is 9.27. The Morgan fingerprint density at radius 2 is 1.55 bits per heavy atom. The second kappa shape index (κ2) is 5.07. The number of ether oxygens (including phenoxy) is 1. The Bertz CT molecular complexity index is 618. The third-order valence-electron chi connectivity index (χ3n) is 2.97. The second-order valence-corrected chi connectivity index (χ2v) is 4.60. The van der Waals surface area contributed by atoms with Crippen molar-refractivity contribution in [2.45, 2.75) is 20.0 Å². The summed E-state index contributed by atoms with van der Waals surface area (Å²) in [5.41, 5.74) is 7.41. The summed E-state index contributed by atoms with van der Waals surface area (Å²) < 4.78 is 42.9. The molecule has 0 bridgehead atoms. The maximum absolute atomic E-state index is 12.5. The van der Waals surface area contributed by atoms with Crippen LogP contribution in [-0.2, 0) is 6.18 Å². The minimum atomic E-state index is -4.34. The van der Waals surface area contributed by atoms with Crippen LogP contribution in [0.5, 0.6) is 11.5 Å². The standard InChI is InChI=1S/C15H14F3NO/c1-9-8-14(10(2)7-13(9)19)20-12-5-3-11(4-6-12)15(16,17)18/h3-8H,19H2,1-2H3. The first-order valence-electron chi connectivity index (χ1n) is 5.99. The van der Waals surface area contributed by atoms with E-state index in [2.05, 4.69) is 0 Å². The largest absolute Gasteiger partial charge is 0.457 e. The van der Waals surface area contributed by atoms with Crippen LogP contribution in [0.4, 0.5) is 18.9 Å². The van der Waals surface area contributed by atoms with Crippen molar-refractivity contribution in [3.05, 3.63) is 53.1 Å². The topological polar surface area (TPSA) is 35.2 Å².